The van der Waals surface area contributed by atoms with Gasteiger partial charge < -0.3 is 9.64 Å². The number of carbonyl (C=O) groups excluding carboxylic acids is 1. The number of nitrogens with zero attached hydrogens (tertiary/aromatic N) is 2. The number of sulfonamides is 1. The fourth-order valence-corrected chi connectivity index (χ4v) is 5.54. The van der Waals surface area contributed by atoms with Gasteiger partial charge in [-0.05, 0) is 37.5 Å². The predicted octanol–water partition coefficient (Wildman–Crippen LogP) is 1.23. The molecule has 0 unspecified atom stereocenters. The molecule has 0 aliphatic carbocycles. The van der Waals surface area contributed by atoms with Crippen LogP contribution in [0.2, 0.25) is 0 Å². The smallest absolute Gasteiger partial charge is 0.243 e. The van der Waals surface area contributed by atoms with Gasteiger partial charge in [0.05, 0.1) is 23.0 Å². The van der Waals surface area contributed by atoms with E-state index in [1.54, 1.807) is 0 Å². The van der Waals surface area contributed by atoms with Gasteiger partial charge in [-0.2, -0.15) is 4.31 Å². The van der Waals surface area contributed by atoms with Crippen LogP contribution in [0, 0.1) is 11.7 Å². The quantitative estimate of drug-likeness (QED) is 0.805. The number of rotatable bonds is 3. The third-order valence-electron chi connectivity index (χ3n) is 5.29. The van der Waals surface area contributed by atoms with Crippen LogP contribution in [0.25, 0.3) is 0 Å². The van der Waals surface area contributed by atoms with Crippen molar-refractivity contribution in [1.29, 1.82) is 0 Å². The van der Waals surface area contributed by atoms with Gasteiger partial charge in [0.1, 0.15) is 5.82 Å². The summed E-state index contributed by atoms with van der Waals surface area (Å²) < 4.78 is 46.2. The summed E-state index contributed by atoms with van der Waals surface area (Å²) in [6.45, 7) is 1.90. The fraction of sp³-hybridized carbons (Fsp3) is 0.588. The standard InChI is InChI=1S/C17H21FN2O4S/c18-12-4-3-5-14(8-12)25(22,23)20-10-13-9-15(16(11-20)24-13)17(21)19-6-1-2-7-19/h3-5,8,13,15-16H,1-2,6-7,9-11H2/t13-,15+,16-/m1/s1. The highest BCUT2D eigenvalue weighted by atomic mass is 32.2. The van der Waals surface area contributed by atoms with Crippen LogP contribution < -0.4 is 0 Å². The van der Waals surface area contributed by atoms with E-state index >= 15 is 0 Å². The van der Waals surface area contributed by atoms with Crippen molar-refractivity contribution in [2.24, 2.45) is 5.92 Å². The first-order chi connectivity index (χ1) is 11.9. The van der Waals surface area contributed by atoms with E-state index in [9.17, 15) is 17.6 Å². The zero-order chi connectivity index (χ0) is 17.6. The molecule has 2 bridgehead atoms. The van der Waals surface area contributed by atoms with Crippen molar-refractivity contribution in [2.75, 3.05) is 26.2 Å². The first-order valence-corrected chi connectivity index (χ1v) is 10.1. The zero-order valence-electron chi connectivity index (χ0n) is 13.8. The SMILES string of the molecule is O=C([C@H]1C[C@@H]2CN(S(=O)(=O)c3cccc(F)c3)C[C@H]1O2)N1CCCC1. The molecule has 3 fully saturated rings. The second-order valence-corrected chi connectivity index (χ2v) is 8.89. The summed E-state index contributed by atoms with van der Waals surface area (Å²) in [4.78, 5) is 14.5. The van der Waals surface area contributed by atoms with Crippen molar-refractivity contribution in [2.45, 2.75) is 36.4 Å². The molecule has 1 aromatic carbocycles. The van der Waals surface area contributed by atoms with E-state index in [2.05, 4.69) is 0 Å². The van der Waals surface area contributed by atoms with Gasteiger partial charge in [-0.1, -0.05) is 6.07 Å². The monoisotopic (exact) mass is 368 g/mol. The van der Waals surface area contributed by atoms with Gasteiger partial charge in [0.25, 0.3) is 0 Å². The maximum atomic E-state index is 13.4. The Balaban J connectivity index is 1.53. The third-order valence-corrected chi connectivity index (χ3v) is 7.12. The summed E-state index contributed by atoms with van der Waals surface area (Å²) in [5.41, 5.74) is 0. The van der Waals surface area contributed by atoms with Crippen LogP contribution in [0.4, 0.5) is 4.39 Å². The van der Waals surface area contributed by atoms with E-state index in [1.807, 2.05) is 4.90 Å². The van der Waals surface area contributed by atoms with Crippen LogP contribution in [-0.4, -0.2) is 61.9 Å². The van der Waals surface area contributed by atoms with Crippen molar-refractivity contribution < 1.29 is 22.3 Å². The van der Waals surface area contributed by atoms with Crippen molar-refractivity contribution in [3.05, 3.63) is 30.1 Å². The number of hydrogen-bond donors (Lipinski definition) is 0. The number of benzene rings is 1. The van der Waals surface area contributed by atoms with Gasteiger partial charge in [-0.25, -0.2) is 12.8 Å². The van der Waals surface area contributed by atoms with Crippen molar-refractivity contribution in [1.82, 2.24) is 9.21 Å². The molecule has 25 heavy (non-hydrogen) atoms. The average Bonchev–Trinajstić information content (AvgIpc) is 3.22. The lowest BCUT2D eigenvalue weighted by Crippen LogP contribution is -2.48. The Morgan fingerprint density at radius 1 is 1.20 bits per heavy atom. The van der Waals surface area contributed by atoms with Crippen LogP contribution in [-0.2, 0) is 19.6 Å². The van der Waals surface area contributed by atoms with E-state index in [0.29, 0.717) is 6.42 Å². The second kappa shape index (κ2) is 6.34. The van der Waals surface area contributed by atoms with Gasteiger partial charge >= 0.3 is 0 Å². The molecule has 1 aromatic rings. The Labute approximate surface area is 146 Å². The van der Waals surface area contributed by atoms with Gasteiger partial charge in [0, 0.05) is 26.2 Å². The third kappa shape index (κ3) is 3.07. The second-order valence-electron chi connectivity index (χ2n) is 6.95. The number of fused-ring (bicyclic) bond motifs is 2. The number of carbonyl (C=O) groups is 1. The van der Waals surface area contributed by atoms with Crippen molar-refractivity contribution in [3.63, 3.8) is 0 Å². The van der Waals surface area contributed by atoms with Crippen LogP contribution >= 0.6 is 0 Å². The Morgan fingerprint density at radius 3 is 2.68 bits per heavy atom. The van der Waals surface area contributed by atoms with Crippen LogP contribution in [0.3, 0.4) is 0 Å². The maximum absolute atomic E-state index is 13.4. The molecule has 0 spiro atoms. The molecule has 6 nitrogen and oxygen atoms in total. The number of amides is 1. The lowest BCUT2D eigenvalue weighted by atomic mass is 9.99. The molecule has 136 valence electrons. The molecule has 8 heteroatoms. The maximum Gasteiger partial charge on any atom is 0.243 e. The first-order valence-electron chi connectivity index (χ1n) is 8.65. The number of hydrogen-bond acceptors (Lipinski definition) is 4. The van der Waals surface area contributed by atoms with Gasteiger partial charge in [-0.3, -0.25) is 4.79 Å². The summed E-state index contributed by atoms with van der Waals surface area (Å²) in [5.74, 6) is -0.787. The molecular weight excluding hydrogens is 347 g/mol. The normalized spacial score (nSPS) is 30.0. The fourth-order valence-electron chi connectivity index (χ4n) is 4.03. The molecule has 0 aromatic heterocycles. The Morgan fingerprint density at radius 2 is 1.96 bits per heavy atom. The highest BCUT2D eigenvalue weighted by molar-refractivity contribution is 7.89. The number of halogens is 1. The minimum atomic E-state index is -3.79. The van der Waals surface area contributed by atoms with E-state index < -0.39 is 21.9 Å². The average molecular weight is 368 g/mol. The molecular formula is C17H21FN2O4S. The minimum absolute atomic E-state index is 0.0591. The van der Waals surface area contributed by atoms with Gasteiger partial charge in [0.2, 0.25) is 15.9 Å². The number of morpholine rings is 1. The summed E-state index contributed by atoms with van der Waals surface area (Å²) in [6.07, 6.45) is 1.89. The summed E-state index contributed by atoms with van der Waals surface area (Å²) in [6, 6.07) is 5.02. The lowest BCUT2D eigenvalue weighted by molar-refractivity contribution is -0.136. The molecule has 3 aliphatic rings. The molecule has 3 atom stereocenters. The minimum Gasteiger partial charge on any atom is -0.371 e. The van der Waals surface area contributed by atoms with Gasteiger partial charge in [-0.15, -0.1) is 0 Å². The Kier molecular flexibility index (Phi) is 4.29. The van der Waals surface area contributed by atoms with E-state index in [-0.39, 0.29) is 35.9 Å². The van der Waals surface area contributed by atoms with E-state index in [4.69, 9.17) is 4.74 Å². The largest absolute Gasteiger partial charge is 0.371 e. The van der Waals surface area contributed by atoms with Crippen molar-refractivity contribution >= 4 is 15.9 Å². The van der Waals surface area contributed by atoms with Crippen LogP contribution in [0.15, 0.2) is 29.2 Å². The highest BCUT2D eigenvalue weighted by Crippen LogP contribution is 2.36. The molecule has 0 saturated carbocycles. The summed E-state index contributed by atoms with van der Waals surface area (Å²) in [7, 11) is -3.79. The molecule has 3 saturated heterocycles. The molecule has 0 radical (unpaired) electrons. The molecule has 4 rings (SSSR count). The Bertz CT molecular complexity index is 779. The van der Waals surface area contributed by atoms with Crippen molar-refractivity contribution in [3.8, 4) is 0 Å². The highest BCUT2D eigenvalue weighted by Gasteiger charge is 2.48. The van der Waals surface area contributed by atoms with Crippen LogP contribution in [0.5, 0.6) is 0 Å². The molecule has 1 amide bonds. The number of likely N-dealkylation sites (tertiary alicyclic amines) is 1. The zero-order valence-corrected chi connectivity index (χ0v) is 14.6. The van der Waals surface area contributed by atoms with E-state index in [0.717, 1.165) is 32.0 Å². The van der Waals surface area contributed by atoms with Gasteiger partial charge in [0.15, 0.2) is 0 Å². The van der Waals surface area contributed by atoms with Crippen LogP contribution in [0.1, 0.15) is 19.3 Å². The molecule has 3 heterocycles. The number of ether oxygens (including phenoxy) is 1. The summed E-state index contributed by atoms with van der Waals surface area (Å²) in [5, 5.41) is 0. The Hall–Kier alpha value is -1.51. The first kappa shape index (κ1) is 16.9. The topological polar surface area (TPSA) is 66.9 Å². The molecule has 3 aliphatic heterocycles. The van der Waals surface area contributed by atoms with E-state index in [1.165, 1.54) is 22.5 Å². The predicted molar refractivity (Wildman–Crippen MR) is 87.7 cm³/mol. The lowest BCUT2D eigenvalue weighted by Gasteiger charge is -2.32. The summed E-state index contributed by atoms with van der Waals surface area (Å²) >= 11 is 0. The molecule has 0 N–H and O–H groups in total.